The third-order valence-corrected chi connectivity index (χ3v) is 3.86. The van der Waals surface area contributed by atoms with E-state index < -0.39 is 0 Å². The molecule has 2 aromatic heterocycles. The fourth-order valence-electron chi connectivity index (χ4n) is 1.28. The minimum atomic E-state index is 0.606. The molecule has 0 radical (unpaired) electrons. The molecule has 4 nitrogen and oxygen atoms in total. The lowest BCUT2D eigenvalue weighted by atomic mass is 10.4. The minimum absolute atomic E-state index is 0.606. The Kier molecular flexibility index (Phi) is 3.96. The van der Waals surface area contributed by atoms with Crippen LogP contribution in [0.15, 0.2) is 16.7 Å². The third-order valence-electron chi connectivity index (χ3n) is 2.20. The zero-order chi connectivity index (χ0) is 12.3. The van der Waals surface area contributed by atoms with E-state index in [-0.39, 0.29) is 0 Å². The molecule has 0 unspecified atom stereocenters. The highest BCUT2D eigenvalue weighted by Crippen LogP contribution is 2.23. The van der Waals surface area contributed by atoms with Crippen molar-refractivity contribution >= 4 is 23.1 Å². The molecular formula is C11H13N3OS2. The number of hydrogen-bond acceptors (Lipinski definition) is 6. The average molecular weight is 267 g/mol. The van der Waals surface area contributed by atoms with Crippen LogP contribution in [0.5, 0.6) is 5.88 Å². The maximum Gasteiger partial charge on any atom is 0.217 e. The molecule has 0 amide bonds. The van der Waals surface area contributed by atoms with Crippen molar-refractivity contribution in [1.29, 1.82) is 0 Å². The summed E-state index contributed by atoms with van der Waals surface area (Å²) in [5.74, 6) is 1.40. The number of ether oxygens (including phenoxy) is 1. The van der Waals surface area contributed by atoms with E-state index in [9.17, 15) is 0 Å². The van der Waals surface area contributed by atoms with Gasteiger partial charge in [-0.25, -0.2) is 9.97 Å². The highest BCUT2D eigenvalue weighted by atomic mass is 32.2. The maximum atomic E-state index is 5.12. The summed E-state index contributed by atoms with van der Waals surface area (Å²) in [7, 11) is 1.61. The van der Waals surface area contributed by atoms with Crippen molar-refractivity contribution in [3.8, 4) is 5.88 Å². The molecule has 0 aromatic carbocycles. The van der Waals surface area contributed by atoms with E-state index in [1.807, 2.05) is 18.5 Å². The van der Waals surface area contributed by atoms with Crippen molar-refractivity contribution in [2.24, 2.45) is 0 Å². The van der Waals surface area contributed by atoms with Crippen LogP contribution >= 0.6 is 23.1 Å². The van der Waals surface area contributed by atoms with Gasteiger partial charge >= 0.3 is 0 Å². The van der Waals surface area contributed by atoms with Gasteiger partial charge in [0.1, 0.15) is 0 Å². The SMILES string of the molecule is COc1cc(C)nc(SCc2ncsc2C)n1. The first kappa shape index (κ1) is 12.3. The van der Waals surface area contributed by atoms with E-state index >= 15 is 0 Å². The standard InChI is InChI=1S/C11H13N3OS2/c1-7-4-10(15-3)14-11(13-7)16-5-9-8(2)17-6-12-9/h4,6H,5H2,1-3H3. The number of thiazole rings is 1. The number of rotatable bonds is 4. The predicted octanol–water partition coefficient (Wildman–Crippen LogP) is 2.85. The van der Waals surface area contributed by atoms with Crippen LogP contribution in [0.25, 0.3) is 0 Å². The molecular weight excluding hydrogens is 254 g/mol. The van der Waals surface area contributed by atoms with Crippen LogP contribution in [0.4, 0.5) is 0 Å². The summed E-state index contributed by atoms with van der Waals surface area (Å²) < 4.78 is 5.12. The van der Waals surface area contributed by atoms with Gasteiger partial charge in [-0.3, -0.25) is 0 Å². The number of methoxy groups -OCH3 is 1. The Labute approximate surface area is 108 Å². The number of hydrogen-bond donors (Lipinski definition) is 0. The summed E-state index contributed by atoms with van der Waals surface area (Å²) in [6.45, 7) is 4.01. The van der Waals surface area contributed by atoms with Crippen molar-refractivity contribution in [3.05, 3.63) is 27.8 Å². The fourth-order valence-corrected chi connectivity index (χ4v) is 2.89. The Bertz CT molecular complexity index is 513. The molecule has 0 saturated heterocycles. The maximum absolute atomic E-state index is 5.12. The van der Waals surface area contributed by atoms with Crippen molar-refractivity contribution in [2.45, 2.75) is 24.8 Å². The molecule has 0 bridgehead atoms. The van der Waals surface area contributed by atoms with Gasteiger partial charge in [0.2, 0.25) is 5.88 Å². The Hall–Kier alpha value is -1.14. The first-order chi connectivity index (χ1) is 8.19. The fraction of sp³-hybridized carbons (Fsp3) is 0.364. The predicted molar refractivity (Wildman–Crippen MR) is 69.7 cm³/mol. The Balaban J connectivity index is 2.09. The molecule has 0 aliphatic rings. The van der Waals surface area contributed by atoms with Crippen molar-refractivity contribution in [3.63, 3.8) is 0 Å². The summed E-state index contributed by atoms with van der Waals surface area (Å²) >= 11 is 3.24. The van der Waals surface area contributed by atoms with E-state index in [4.69, 9.17) is 4.74 Å². The van der Waals surface area contributed by atoms with Crippen LogP contribution in [0, 0.1) is 13.8 Å². The van der Waals surface area contributed by atoms with Gasteiger partial charge in [-0.05, 0) is 13.8 Å². The largest absolute Gasteiger partial charge is 0.481 e. The van der Waals surface area contributed by atoms with Crippen molar-refractivity contribution in [1.82, 2.24) is 15.0 Å². The summed E-state index contributed by atoms with van der Waals surface area (Å²) in [6.07, 6.45) is 0. The number of aromatic nitrogens is 3. The van der Waals surface area contributed by atoms with E-state index in [2.05, 4.69) is 21.9 Å². The lowest BCUT2D eigenvalue weighted by Crippen LogP contribution is -1.95. The molecule has 2 aromatic rings. The van der Waals surface area contributed by atoms with Gasteiger partial charge in [0.15, 0.2) is 5.16 Å². The highest BCUT2D eigenvalue weighted by Gasteiger charge is 2.06. The monoisotopic (exact) mass is 267 g/mol. The topological polar surface area (TPSA) is 47.9 Å². The molecule has 17 heavy (non-hydrogen) atoms. The lowest BCUT2D eigenvalue weighted by Gasteiger charge is -2.03. The Morgan fingerprint density at radius 1 is 1.35 bits per heavy atom. The zero-order valence-corrected chi connectivity index (χ0v) is 11.6. The number of nitrogens with zero attached hydrogens (tertiary/aromatic N) is 3. The van der Waals surface area contributed by atoms with E-state index in [1.54, 1.807) is 30.2 Å². The second kappa shape index (κ2) is 5.46. The van der Waals surface area contributed by atoms with Crippen LogP contribution in [-0.2, 0) is 5.75 Å². The van der Waals surface area contributed by atoms with Crippen LogP contribution < -0.4 is 4.74 Å². The van der Waals surface area contributed by atoms with Crippen LogP contribution in [0.3, 0.4) is 0 Å². The van der Waals surface area contributed by atoms with E-state index in [0.717, 1.165) is 22.3 Å². The molecule has 0 aliphatic carbocycles. The number of aryl methyl sites for hydroxylation is 2. The van der Waals surface area contributed by atoms with Crippen LogP contribution in [0.1, 0.15) is 16.3 Å². The molecule has 0 N–H and O–H groups in total. The molecule has 0 fully saturated rings. The highest BCUT2D eigenvalue weighted by molar-refractivity contribution is 7.98. The Morgan fingerprint density at radius 2 is 2.18 bits per heavy atom. The molecule has 6 heteroatoms. The van der Waals surface area contributed by atoms with Crippen LogP contribution in [-0.4, -0.2) is 22.1 Å². The van der Waals surface area contributed by atoms with E-state index in [0.29, 0.717) is 5.88 Å². The normalized spacial score (nSPS) is 10.5. The molecule has 0 saturated carbocycles. The Morgan fingerprint density at radius 3 is 2.82 bits per heavy atom. The second-order valence-corrected chi connectivity index (χ2v) is 5.48. The van der Waals surface area contributed by atoms with Gasteiger partial charge in [0, 0.05) is 22.4 Å². The van der Waals surface area contributed by atoms with Gasteiger partial charge in [-0.15, -0.1) is 11.3 Å². The minimum Gasteiger partial charge on any atom is -0.481 e. The molecule has 0 aliphatic heterocycles. The third kappa shape index (κ3) is 3.17. The summed E-state index contributed by atoms with van der Waals surface area (Å²) in [5.41, 5.74) is 3.88. The molecule has 0 atom stereocenters. The first-order valence-electron chi connectivity index (χ1n) is 5.10. The van der Waals surface area contributed by atoms with Gasteiger partial charge in [0.05, 0.1) is 18.3 Å². The zero-order valence-electron chi connectivity index (χ0n) is 9.93. The first-order valence-corrected chi connectivity index (χ1v) is 6.97. The second-order valence-electron chi connectivity index (χ2n) is 3.48. The summed E-state index contributed by atoms with van der Waals surface area (Å²) in [6, 6.07) is 1.82. The van der Waals surface area contributed by atoms with E-state index in [1.165, 1.54) is 4.88 Å². The smallest absolute Gasteiger partial charge is 0.217 e. The molecule has 0 spiro atoms. The van der Waals surface area contributed by atoms with Crippen LogP contribution in [0.2, 0.25) is 0 Å². The average Bonchev–Trinajstić information content (AvgIpc) is 2.71. The summed E-state index contributed by atoms with van der Waals surface area (Å²) in [4.78, 5) is 14.2. The van der Waals surface area contributed by atoms with Crippen molar-refractivity contribution < 1.29 is 4.74 Å². The van der Waals surface area contributed by atoms with Gasteiger partial charge < -0.3 is 4.74 Å². The quantitative estimate of drug-likeness (QED) is 0.629. The molecule has 2 heterocycles. The van der Waals surface area contributed by atoms with Gasteiger partial charge in [0.25, 0.3) is 0 Å². The number of thioether (sulfide) groups is 1. The van der Waals surface area contributed by atoms with Gasteiger partial charge in [-0.1, -0.05) is 11.8 Å². The van der Waals surface area contributed by atoms with Gasteiger partial charge in [-0.2, -0.15) is 4.98 Å². The summed E-state index contributed by atoms with van der Waals surface area (Å²) in [5, 5.41) is 0.731. The molecule has 90 valence electrons. The molecule has 2 rings (SSSR count). The van der Waals surface area contributed by atoms with Crippen molar-refractivity contribution in [2.75, 3.05) is 7.11 Å². The lowest BCUT2D eigenvalue weighted by molar-refractivity contribution is 0.391.